The molecule has 0 amide bonds. The van der Waals surface area contributed by atoms with Crippen LogP contribution >= 0.6 is 0 Å². The van der Waals surface area contributed by atoms with Gasteiger partial charge in [-0.05, 0) is 116 Å². The third kappa shape index (κ3) is 5.82. The lowest BCUT2D eigenvalue weighted by molar-refractivity contribution is 1.13. The summed E-state index contributed by atoms with van der Waals surface area (Å²) in [4.78, 5) is 0. The first-order valence-corrected chi connectivity index (χ1v) is 19.9. The van der Waals surface area contributed by atoms with Crippen LogP contribution in [0, 0.1) is 0 Å². The molecule has 11 aromatic rings. The van der Waals surface area contributed by atoms with E-state index >= 15 is 0 Å². The molecule has 0 aliphatic rings. The van der Waals surface area contributed by atoms with Gasteiger partial charge < -0.3 is 9.13 Å². The third-order valence-corrected chi connectivity index (χ3v) is 11.5. The van der Waals surface area contributed by atoms with Crippen LogP contribution in [0.4, 0.5) is 0 Å². The molecule has 0 radical (unpaired) electrons. The van der Waals surface area contributed by atoms with Crippen molar-refractivity contribution in [2.24, 2.45) is 0 Å². The number of aromatic nitrogens is 2. The Balaban J connectivity index is 1.21. The number of hydrogen-bond acceptors (Lipinski definition) is 0. The Hall–Kier alpha value is -7.68. The van der Waals surface area contributed by atoms with E-state index in [0.29, 0.717) is 0 Å². The maximum absolute atomic E-state index is 2.50. The Kier molecular flexibility index (Phi) is 8.19. The van der Waals surface area contributed by atoms with E-state index in [1.807, 2.05) is 0 Å². The van der Waals surface area contributed by atoms with Crippen LogP contribution in [0.25, 0.3) is 99.7 Å². The fourth-order valence-electron chi connectivity index (χ4n) is 8.77. The smallest absolute Gasteiger partial charge is 0.0635 e. The quantitative estimate of drug-likeness (QED) is 0.154. The number of hydrogen-bond donors (Lipinski definition) is 0. The lowest BCUT2D eigenvalue weighted by Crippen LogP contribution is -1.97. The molecule has 58 heavy (non-hydrogen) atoms. The zero-order chi connectivity index (χ0) is 38.4. The van der Waals surface area contributed by atoms with Gasteiger partial charge in [-0.3, -0.25) is 0 Å². The Morgan fingerprint density at radius 1 is 0.259 bits per heavy atom. The van der Waals surface area contributed by atoms with Crippen LogP contribution in [0.3, 0.4) is 0 Å². The van der Waals surface area contributed by atoms with Crippen LogP contribution in [0.2, 0.25) is 0 Å². The summed E-state index contributed by atoms with van der Waals surface area (Å²) in [5.74, 6) is 0. The maximum atomic E-state index is 2.50. The molecule has 0 unspecified atom stereocenters. The average Bonchev–Trinajstić information content (AvgIpc) is 3.89. The van der Waals surface area contributed by atoms with Crippen molar-refractivity contribution >= 4 is 32.7 Å². The number of nitrogens with zero attached hydrogens (tertiary/aromatic N) is 2. The van der Waals surface area contributed by atoms with Gasteiger partial charge in [0.1, 0.15) is 0 Å². The van der Waals surface area contributed by atoms with Gasteiger partial charge in [-0.15, -0.1) is 0 Å². The second-order valence-corrected chi connectivity index (χ2v) is 15.0. The van der Waals surface area contributed by atoms with Crippen molar-refractivity contribution in [2.75, 3.05) is 0 Å². The molecule has 9 aromatic carbocycles. The molecular formula is C56H38N2. The monoisotopic (exact) mass is 738 g/mol. The zero-order valence-corrected chi connectivity index (χ0v) is 31.8. The van der Waals surface area contributed by atoms with Crippen LogP contribution in [0.5, 0.6) is 0 Å². The number of rotatable bonds is 7. The van der Waals surface area contributed by atoms with E-state index in [9.17, 15) is 0 Å². The summed E-state index contributed by atoms with van der Waals surface area (Å²) >= 11 is 0. The fourth-order valence-corrected chi connectivity index (χ4v) is 8.77. The van der Waals surface area contributed by atoms with Gasteiger partial charge >= 0.3 is 0 Å². The number of benzene rings is 9. The summed E-state index contributed by atoms with van der Waals surface area (Å²) in [5, 5.41) is 3.65. The van der Waals surface area contributed by atoms with Crippen molar-refractivity contribution in [1.29, 1.82) is 0 Å². The van der Waals surface area contributed by atoms with Crippen molar-refractivity contribution in [3.63, 3.8) is 0 Å². The summed E-state index contributed by atoms with van der Waals surface area (Å²) in [6.07, 6.45) is 2.21. The van der Waals surface area contributed by atoms with E-state index in [0.717, 1.165) is 11.4 Å². The van der Waals surface area contributed by atoms with Gasteiger partial charge in [0.25, 0.3) is 0 Å². The molecule has 2 aromatic heterocycles. The molecule has 0 saturated carbocycles. The van der Waals surface area contributed by atoms with Crippen molar-refractivity contribution in [2.45, 2.75) is 0 Å². The third-order valence-electron chi connectivity index (χ3n) is 11.5. The lowest BCUT2D eigenvalue weighted by atomic mass is 9.90. The molecule has 0 saturated heterocycles. The molecule has 0 spiro atoms. The van der Waals surface area contributed by atoms with Crippen LogP contribution in [-0.2, 0) is 0 Å². The fraction of sp³-hybridized carbons (Fsp3) is 0. The Morgan fingerprint density at radius 3 is 1.41 bits per heavy atom. The average molecular weight is 739 g/mol. The molecule has 0 aliphatic carbocycles. The molecule has 2 nitrogen and oxygen atoms in total. The second-order valence-electron chi connectivity index (χ2n) is 15.0. The van der Waals surface area contributed by atoms with Crippen LogP contribution < -0.4 is 0 Å². The van der Waals surface area contributed by atoms with Crippen LogP contribution in [-0.4, -0.2) is 9.13 Å². The molecule has 11 rings (SSSR count). The van der Waals surface area contributed by atoms with E-state index in [-0.39, 0.29) is 0 Å². The number of fused-ring (bicyclic) bond motifs is 5. The minimum absolute atomic E-state index is 1.13. The molecule has 272 valence electrons. The SMILES string of the molecule is c1ccc(-c2cc(-c3ccccc3)cc(-n3c4ccc(-c5cc(-c6ccccc6)ccc5-c5ccccc5)cc4c4ccc5c(ccn5-c5ccccc5)c43)c2)cc1. The molecule has 0 N–H and O–H groups in total. The Bertz CT molecular complexity index is 3170. The molecule has 2 heteroatoms. The first-order chi connectivity index (χ1) is 28.8. The summed E-state index contributed by atoms with van der Waals surface area (Å²) < 4.78 is 4.81. The highest BCUT2D eigenvalue weighted by atomic mass is 15.0. The van der Waals surface area contributed by atoms with E-state index < -0.39 is 0 Å². The summed E-state index contributed by atoms with van der Waals surface area (Å²) in [6, 6.07) is 81.5. The molecule has 0 atom stereocenters. The first kappa shape index (κ1) is 33.6. The van der Waals surface area contributed by atoms with Gasteiger partial charge in [0.2, 0.25) is 0 Å². The summed E-state index contributed by atoms with van der Waals surface area (Å²) in [7, 11) is 0. The largest absolute Gasteiger partial charge is 0.316 e. The molecule has 2 heterocycles. The lowest BCUT2D eigenvalue weighted by Gasteiger charge is -2.15. The molecule has 0 aliphatic heterocycles. The van der Waals surface area contributed by atoms with Gasteiger partial charge in [0, 0.05) is 33.7 Å². The van der Waals surface area contributed by atoms with Crippen molar-refractivity contribution < 1.29 is 0 Å². The topological polar surface area (TPSA) is 9.86 Å². The zero-order valence-electron chi connectivity index (χ0n) is 31.8. The molecule has 0 fully saturated rings. The Morgan fingerprint density at radius 2 is 0.793 bits per heavy atom. The van der Waals surface area contributed by atoms with Gasteiger partial charge in [0.05, 0.1) is 16.6 Å². The second kappa shape index (κ2) is 14.1. The van der Waals surface area contributed by atoms with E-state index in [1.54, 1.807) is 0 Å². The van der Waals surface area contributed by atoms with Crippen LogP contribution in [0.1, 0.15) is 0 Å². The standard InChI is InChI=1S/C56H38N2/c1-6-16-39(17-7-1)43-26-28-49(42-22-12-4-13-23-42)52(37-43)44-27-30-55-53(38-44)50-29-31-54-51(32-33-57(54)47-24-14-5-15-25-47)56(50)58(55)48-35-45(40-18-8-2-9-19-40)34-46(36-48)41-20-10-3-11-21-41/h1-38H. The van der Waals surface area contributed by atoms with Gasteiger partial charge in [-0.2, -0.15) is 0 Å². The predicted octanol–water partition coefficient (Wildman–Crippen LogP) is 15.1. The van der Waals surface area contributed by atoms with Crippen molar-refractivity contribution in [3.8, 4) is 67.0 Å². The van der Waals surface area contributed by atoms with Crippen molar-refractivity contribution in [3.05, 3.63) is 231 Å². The van der Waals surface area contributed by atoms with E-state index in [1.165, 1.54) is 88.3 Å². The van der Waals surface area contributed by atoms with Gasteiger partial charge in [-0.1, -0.05) is 164 Å². The van der Waals surface area contributed by atoms with Gasteiger partial charge in [-0.25, -0.2) is 0 Å². The number of para-hydroxylation sites is 1. The van der Waals surface area contributed by atoms with Crippen molar-refractivity contribution in [1.82, 2.24) is 9.13 Å². The Labute approximate surface area is 338 Å². The summed E-state index contributed by atoms with van der Waals surface area (Å²) in [5.41, 5.74) is 17.8. The normalized spacial score (nSPS) is 11.4. The van der Waals surface area contributed by atoms with Gasteiger partial charge in [0.15, 0.2) is 0 Å². The minimum Gasteiger partial charge on any atom is -0.316 e. The van der Waals surface area contributed by atoms with Crippen LogP contribution in [0.15, 0.2) is 231 Å². The maximum Gasteiger partial charge on any atom is 0.0635 e. The first-order valence-electron chi connectivity index (χ1n) is 19.9. The highest BCUT2D eigenvalue weighted by molar-refractivity contribution is 6.19. The minimum atomic E-state index is 1.13. The molecular weight excluding hydrogens is 701 g/mol. The van der Waals surface area contributed by atoms with E-state index in [2.05, 4.69) is 240 Å². The highest BCUT2D eigenvalue weighted by Crippen LogP contribution is 2.43. The molecule has 0 bridgehead atoms. The summed E-state index contributed by atoms with van der Waals surface area (Å²) in [6.45, 7) is 0. The predicted molar refractivity (Wildman–Crippen MR) is 245 cm³/mol. The highest BCUT2D eigenvalue weighted by Gasteiger charge is 2.20. The van der Waals surface area contributed by atoms with E-state index in [4.69, 9.17) is 0 Å².